The van der Waals surface area contributed by atoms with Crippen LogP contribution in [0.2, 0.25) is 0 Å². The van der Waals surface area contributed by atoms with E-state index in [0.717, 1.165) is 22.2 Å². The van der Waals surface area contributed by atoms with Crippen molar-refractivity contribution in [2.45, 2.75) is 0 Å². The van der Waals surface area contributed by atoms with Crippen LogP contribution in [0.1, 0.15) is 11.3 Å². The van der Waals surface area contributed by atoms with Crippen LogP contribution in [-0.4, -0.2) is 21.2 Å². The number of aromatic nitrogens is 2. The van der Waals surface area contributed by atoms with E-state index in [0.29, 0.717) is 11.4 Å². The van der Waals surface area contributed by atoms with Gasteiger partial charge in [-0.15, -0.1) is 0 Å². The molecular weight excluding hydrogens is 382 g/mol. The van der Waals surface area contributed by atoms with Gasteiger partial charge in [0, 0.05) is 28.9 Å². The van der Waals surface area contributed by atoms with Crippen LogP contribution in [0.3, 0.4) is 0 Å². The molecule has 4 rings (SSSR count). The van der Waals surface area contributed by atoms with E-state index >= 15 is 0 Å². The Kier molecular flexibility index (Phi) is 5.21. The fraction of sp³-hybridized carbons (Fsp3) is 0. The minimum absolute atomic E-state index is 0.0391. The molecule has 4 aromatic rings. The van der Waals surface area contributed by atoms with Gasteiger partial charge in [-0.2, -0.15) is 5.10 Å². The molecule has 3 N–H and O–H groups in total. The maximum Gasteiger partial charge on any atom is 0.323 e. The van der Waals surface area contributed by atoms with Gasteiger partial charge in [0.1, 0.15) is 0 Å². The first-order chi connectivity index (χ1) is 14.6. The second-order valence-electron chi connectivity index (χ2n) is 6.50. The van der Waals surface area contributed by atoms with Crippen molar-refractivity contribution in [2.75, 3.05) is 10.6 Å². The minimum Gasteiger partial charge on any atom is -0.308 e. The lowest BCUT2D eigenvalue weighted by Gasteiger charge is -2.07. The molecular formula is C22H17N5O3. The summed E-state index contributed by atoms with van der Waals surface area (Å²) in [6, 6.07) is 20.5. The molecule has 0 saturated heterocycles. The maximum absolute atomic E-state index is 12.2. The normalized spacial score (nSPS) is 10.9. The van der Waals surface area contributed by atoms with Crippen LogP contribution < -0.4 is 10.6 Å². The van der Waals surface area contributed by atoms with E-state index in [-0.39, 0.29) is 5.69 Å². The van der Waals surface area contributed by atoms with E-state index in [1.54, 1.807) is 12.1 Å². The Balaban J connectivity index is 1.44. The number of carbonyl (C=O) groups is 1. The smallest absolute Gasteiger partial charge is 0.308 e. The number of benzene rings is 3. The molecule has 0 aliphatic heterocycles. The second-order valence-corrected chi connectivity index (χ2v) is 6.50. The quantitative estimate of drug-likeness (QED) is 0.313. The van der Waals surface area contributed by atoms with Gasteiger partial charge in [0.2, 0.25) is 0 Å². The van der Waals surface area contributed by atoms with Crippen molar-refractivity contribution in [3.8, 4) is 0 Å². The zero-order chi connectivity index (χ0) is 20.9. The molecule has 2 amide bonds. The summed E-state index contributed by atoms with van der Waals surface area (Å²) in [6.45, 7) is 0. The van der Waals surface area contributed by atoms with Gasteiger partial charge in [-0.1, -0.05) is 36.4 Å². The molecule has 8 nitrogen and oxygen atoms in total. The fourth-order valence-electron chi connectivity index (χ4n) is 2.94. The zero-order valence-corrected chi connectivity index (χ0v) is 15.7. The van der Waals surface area contributed by atoms with Crippen molar-refractivity contribution in [1.82, 2.24) is 10.2 Å². The number of non-ortho nitro benzene ring substituents is 1. The van der Waals surface area contributed by atoms with E-state index in [1.807, 2.05) is 48.6 Å². The largest absolute Gasteiger partial charge is 0.323 e. The van der Waals surface area contributed by atoms with Crippen LogP contribution in [0.15, 0.2) is 72.8 Å². The molecule has 0 aliphatic rings. The Labute approximate surface area is 171 Å². The number of nitro benzene ring substituents is 1. The first-order valence-electron chi connectivity index (χ1n) is 9.12. The molecule has 8 heteroatoms. The highest BCUT2D eigenvalue weighted by molar-refractivity contribution is 6.01. The lowest BCUT2D eigenvalue weighted by molar-refractivity contribution is -0.384. The molecule has 30 heavy (non-hydrogen) atoms. The molecule has 0 spiro atoms. The summed E-state index contributed by atoms with van der Waals surface area (Å²) in [5.41, 5.74) is 3.67. The molecule has 1 heterocycles. The van der Waals surface area contributed by atoms with Crippen molar-refractivity contribution < 1.29 is 9.72 Å². The van der Waals surface area contributed by atoms with Gasteiger partial charge in [0.15, 0.2) is 0 Å². The Hall–Kier alpha value is -4.46. The van der Waals surface area contributed by atoms with Gasteiger partial charge in [-0.05, 0) is 42.0 Å². The Bertz CT molecular complexity index is 1230. The molecule has 0 atom stereocenters. The number of anilines is 2. The Morgan fingerprint density at radius 2 is 1.63 bits per heavy atom. The topological polar surface area (TPSA) is 113 Å². The fourth-order valence-corrected chi connectivity index (χ4v) is 2.94. The van der Waals surface area contributed by atoms with Crippen molar-refractivity contribution in [2.24, 2.45) is 0 Å². The summed E-state index contributed by atoms with van der Waals surface area (Å²) < 4.78 is 0. The number of fused-ring (bicyclic) bond motifs is 1. The van der Waals surface area contributed by atoms with Crippen molar-refractivity contribution in [1.29, 1.82) is 0 Å². The maximum atomic E-state index is 12.2. The second kappa shape index (κ2) is 8.27. The Morgan fingerprint density at radius 1 is 0.933 bits per heavy atom. The number of hydrogen-bond donors (Lipinski definition) is 3. The van der Waals surface area contributed by atoms with Crippen molar-refractivity contribution in [3.05, 3.63) is 94.2 Å². The van der Waals surface area contributed by atoms with Crippen molar-refractivity contribution in [3.63, 3.8) is 0 Å². The molecule has 148 valence electrons. The highest BCUT2D eigenvalue weighted by Crippen LogP contribution is 2.22. The number of amides is 2. The van der Waals surface area contributed by atoms with Crippen LogP contribution in [0.4, 0.5) is 21.9 Å². The third kappa shape index (κ3) is 4.33. The number of H-pyrrole nitrogens is 1. The minimum atomic E-state index is -0.493. The van der Waals surface area contributed by atoms with Gasteiger partial charge in [0.25, 0.3) is 5.69 Å². The number of urea groups is 1. The number of nitro groups is 1. The van der Waals surface area contributed by atoms with Crippen LogP contribution in [0.25, 0.3) is 23.1 Å². The lowest BCUT2D eigenvalue weighted by atomic mass is 10.1. The standard InChI is InChI=1S/C22H17N5O3/c28-22(23-16-7-10-18(11-8-16)27(29)30)24-17-9-12-19-20(25-26-21(19)14-17)13-6-15-4-2-1-3-5-15/h1-14H,(H,25,26)(H2,23,24,28)/b13-6+. The van der Waals surface area contributed by atoms with Gasteiger partial charge >= 0.3 is 6.03 Å². The summed E-state index contributed by atoms with van der Waals surface area (Å²) in [4.78, 5) is 22.4. The molecule has 0 bridgehead atoms. The van der Waals surface area contributed by atoms with Crippen LogP contribution in [-0.2, 0) is 0 Å². The van der Waals surface area contributed by atoms with Crippen LogP contribution in [0.5, 0.6) is 0 Å². The zero-order valence-electron chi connectivity index (χ0n) is 15.7. The van der Waals surface area contributed by atoms with E-state index in [4.69, 9.17) is 0 Å². The number of nitrogens with zero attached hydrogens (tertiary/aromatic N) is 2. The molecule has 3 aromatic carbocycles. The average molecular weight is 399 g/mol. The van der Waals surface area contributed by atoms with E-state index < -0.39 is 11.0 Å². The number of nitrogens with one attached hydrogen (secondary N) is 3. The summed E-state index contributed by atoms with van der Waals surface area (Å²) in [6.07, 6.45) is 3.92. The number of carbonyl (C=O) groups excluding carboxylic acids is 1. The molecule has 0 aliphatic carbocycles. The van der Waals surface area contributed by atoms with E-state index in [1.165, 1.54) is 24.3 Å². The van der Waals surface area contributed by atoms with Crippen LogP contribution in [0, 0.1) is 10.1 Å². The first kappa shape index (κ1) is 18.9. The van der Waals surface area contributed by atoms with E-state index in [2.05, 4.69) is 20.8 Å². The average Bonchev–Trinajstić information content (AvgIpc) is 3.15. The molecule has 1 aromatic heterocycles. The number of rotatable bonds is 5. The van der Waals surface area contributed by atoms with Crippen LogP contribution >= 0.6 is 0 Å². The third-order valence-corrected chi connectivity index (χ3v) is 4.42. The van der Waals surface area contributed by atoms with Gasteiger partial charge in [-0.3, -0.25) is 15.2 Å². The van der Waals surface area contributed by atoms with Gasteiger partial charge in [-0.25, -0.2) is 4.79 Å². The highest BCUT2D eigenvalue weighted by Gasteiger charge is 2.08. The number of aromatic amines is 1. The highest BCUT2D eigenvalue weighted by atomic mass is 16.6. The summed E-state index contributed by atoms with van der Waals surface area (Å²) in [5, 5.41) is 24.3. The predicted octanol–water partition coefficient (Wildman–Crippen LogP) is 5.29. The molecule has 0 saturated carbocycles. The first-order valence-corrected chi connectivity index (χ1v) is 9.12. The predicted molar refractivity (Wildman–Crippen MR) is 117 cm³/mol. The SMILES string of the molecule is O=C(Nc1ccc([N+](=O)[O-])cc1)Nc1ccc2c(/C=C/c3ccccc3)n[nH]c2c1. The van der Waals surface area contributed by atoms with E-state index in [9.17, 15) is 14.9 Å². The third-order valence-electron chi connectivity index (χ3n) is 4.42. The van der Waals surface area contributed by atoms with Gasteiger partial charge < -0.3 is 10.6 Å². The summed E-state index contributed by atoms with van der Waals surface area (Å²) in [7, 11) is 0. The molecule has 0 unspecified atom stereocenters. The number of hydrogen-bond acceptors (Lipinski definition) is 4. The van der Waals surface area contributed by atoms with Crippen molar-refractivity contribution >= 4 is 46.1 Å². The summed E-state index contributed by atoms with van der Waals surface area (Å²) in [5.74, 6) is 0. The summed E-state index contributed by atoms with van der Waals surface area (Å²) >= 11 is 0. The lowest BCUT2D eigenvalue weighted by Crippen LogP contribution is -2.19. The Morgan fingerprint density at radius 3 is 2.37 bits per heavy atom. The molecule has 0 radical (unpaired) electrons. The van der Waals surface area contributed by atoms with Gasteiger partial charge in [0.05, 0.1) is 16.1 Å². The monoisotopic (exact) mass is 399 g/mol. The molecule has 0 fully saturated rings.